The first-order valence-electron chi connectivity index (χ1n) is 11.8. The van der Waals surface area contributed by atoms with E-state index in [9.17, 15) is 24.0 Å². The van der Waals surface area contributed by atoms with Crippen LogP contribution < -0.4 is 5.32 Å². The number of amides is 3. The number of nitrogens with one attached hydrogen (secondary N) is 1. The van der Waals surface area contributed by atoms with Gasteiger partial charge in [-0.1, -0.05) is 18.2 Å². The van der Waals surface area contributed by atoms with Crippen LogP contribution in [0.1, 0.15) is 35.7 Å². The summed E-state index contributed by atoms with van der Waals surface area (Å²) in [6, 6.07) is 13.3. The van der Waals surface area contributed by atoms with E-state index in [2.05, 4.69) is 16.5 Å². The summed E-state index contributed by atoms with van der Waals surface area (Å²) in [6.45, 7) is -0.219. The molecule has 1 saturated carbocycles. The molecule has 5 rings (SSSR count). The fourth-order valence-corrected chi connectivity index (χ4v) is 4.54. The summed E-state index contributed by atoms with van der Waals surface area (Å²) in [7, 11) is 1.45. The second kappa shape index (κ2) is 9.41. The topological polar surface area (TPSA) is 111 Å². The number of carbonyl (C=O) groups excluding carboxylic acids is 3. The van der Waals surface area contributed by atoms with Crippen LogP contribution in [0.2, 0.25) is 0 Å². The zero-order valence-corrected chi connectivity index (χ0v) is 19.7. The largest absolute Gasteiger partial charge is 0.332 e. The fourth-order valence-electron chi connectivity index (χ4n) is 4.54. The van der Waals surface area contributed by atoms with Gasteiger partial charge in [-0.3, -0.25) is 19.1 Å². The van der Waals surface area contributed by atoms with Crippen molar-refractivity contribution in [3.05, 3.63) is 60.0 Å². The molecule has 1 saturated heterocycles. The molecule has 2 aromatic carbocycles. The quantitative estimate of drug-likeness (QED) is 0.574. The highest BCUT2D eigenvalue weighted by Crippen LogP contribution is 2.35. The van der Waals surface area contributed by atoms with Crippen molar-refractivity contribution in [3.63, 3.8) is 0 Å². The van der Waals surface area contributed by atoms with Crippen molar-refractivity contribution in [1.82, 2.24) is 19.6 Å². The average molecular weight is 489 g/mol. The van der Waals surface area contributed by atoms with Gasteiger partial charge in [0.15, 0.2) is 5.82 Å². The summed E-state index contributed by atoms with van der Waals surface area (Å²) < 4.78 is 16.4. The van der Waals surface area contributed by atoms with Gasteiger partial charge in [0.2, 0.25) is 11.8 Å². The maximum Gasteiger partial charge on any atom is 0.254 e. The summed E-state index contributed by atoms with van der Waals surface area (Å²) >= 11 is 0. The summed E-state index contributed by atoms with van der Waals surface area (Å²) in [5.74, 6) is -2.37. The molecular formula is C26H25FN6O3. The van der Waals surface area contributed by atoms with Gasteiger partial charge in [-0.15, -0.1) is 0 Å². The van der Waals surface area contributed by atoms with Crippen molar-refractivity contribution in [3.8, 4) is 6.07 Å². The van der Waals surface area contributed by atoms with Crippen molar-refractivity contribution < 1.29 is 18.8 Å². The number of nitrogens with zero attached hydrogens (tertiary/aromatic N) is 5. The number of rotatable bonds is 6. The van der Waals surface area contributed by atoms with E-state index in [1.165, 1.54) is 16.8 Å². The van der Waals surface area contributed by atoms with E-state index in [4.69, 9.17) is 0 Å². The first kappa shape index (κ1) is 23.5. The SMILES string of the molecule is CN(CC(=O)N1CC(C(=O)Nc2ccccc2)CC1C#N)C(=O)c1cc(F)c2nn(C3CC3)cc2c1. The van der Waals surface area contributed by atoms with Crippen LogP contribution in [0.5, 0.6) is 0 Å². The average Bonchev–Trinajstić information content (AvgIpc) is 3.47. The maximum atomic E-state index is 14.7. The van der Waals surface area contributed by atoms with Crippen LogP contribution in [0.4, 0.5) is 10.1 Å². The van der Waals surface area contributed by atoms with Crippen molar-refractivity contribution in [2.24, 2.45) is 5.92 Å². The number of carbonyl (C=O) groups is 3. The van der Waals surface area contributed by atoms with Crippen LogP contribution in [0.25, 0.3) is 10.9 Å². The Hall–Kier alpha value is -4.26. The number of para-hydroxylation sites is 1. The van der Waals surface area contributed by atoms with Crippen LogP contribution >= 0.6 is 0 Å². The number of aromatic nitrogens is 2. The van der Waals surface area contributed by atoms with Gasteiger partial charge in [0.05, 0.1) is 24.6 Å². The van der Waals surface area contributed by atoms with Crippen LogP contribution in [0, 0.1) is 23.1 Å². The highest BCUT2D eigenvalue weighted by molar-refractivity contribution is 6.00. The highest BCUT2D eigenvalue weighted by Gasteiger charge is 2.39. The smallest absolute Gasteiger partial charge is 0.254 e. The lowest BCUT2D eigenvalue weighted by Crippen LogP contribution is -2.43. The van der Waals surface area contributed by atoms with E-state index in [1.807, 2.05) is 6.07 Å². The minimum absolute atomic E-state index is 0.0820. The minimum atomic E-state index is -0.769. The van der Waals surface area contributed by atoms with Gasteiger partial charge in [0.1, 0.15) is 11.6 Å². The number of anilines is 1. The summed E-state index contributed by atoms with van der Waals surface area (Å²) in [4.78, 5) is 41.2. The monoisotopic (exact) mass is 488 g/mol. The Balaban J connectivity index is 1.24. The Labute approximate surface area is 207 Å². The van der Waals surface area contributed by atoms with Gasteiger partial charge in [-0.05, 0) is 43.5 Å². The molecule has 1 aromatic heterocycles. The normalized spacial score (nSPS) is 19.2. The number of halogens is 1. The molecule has 3 aromatic rings. The van der Waals surface area contributed by atoms with Gasteiger partial charge in [0, 0.05) is 36.4 Å². The molecule has 0 bridgehead atoms. The van der Waals surface area contributed by atoms with E-state index < -0.39 is 29.6 Å². The zero-order chi connectivity index (χ0) is 25.4. The standard InChI is InChI=1S/C26H25FN6O3/c1-31(26(36)16-9-17-14-33(20-7-8-20)30-24(17)22(27)11-16)15-23(34)32-13-18(10-21(32)12-28)25(35)29-19-5-3-2-4-6-19/h2-6,9,11,14,18,20-21H,7-8,10,13,15H2,1H3,(H,29,35). The van der Waals surface area contributed by atoms with Gasteiger partial charge >= 0.3 is 0 Å². The molecule has 1 N–H and O–H groups in total. The molecule has 2 unspecified atom stereocenters. The van der Waals surface area contributed by atoms with Gasteiger partial charge < -0.3 is 15.1 Å². The molecule has 9 nitrogen and oxygen atoms in total. The molecule has 10 heteroatoms. The molecule has 2 heterocycles. The summed E-state index contributed by atoms with van der Waals surface area (Å²) in [5.41, 5.74) is 0.966. The van der Waals surface area contributed by atoms with Crippen molar-refractivity contribution in [2.75, 3.05) is 25.5 Å². The Morgan fingerprint density at radius 1 is 1.22 bits per heavy atom. The lowest BCUT2D eigenvalue weighted by atomic mass is 10.1. The number of fused-ring (bicyclic) bond motifs is 1. The molecule has 0 spiro atoms. The Bertz CT molecular complexity index is 1380. The summed E-state index contributed by atoms with van der Waals surface area (Å²) in [5, 5.41) is 17.2. The first-order chi connectivity index (χ1) is 17.3. The van der Waals surface area contributed by atoms with Crippen LogP contribution in [0.3, 0.4) is 0 Å². The van der Waals surface area contributed by atoms with Crippen LogP contribution in [-0.4, -0.2) is 63.5 Å². The van der Waals surface area contributed by atoms with Gasteiger partial charge in [-0.2, -0.15) is 10.4 Å². The van der Waals surface area contributed by atoms with Gasteiger partial charge in [0.25, 0.3) is 5.91 Å². The first-order valence-corrected chi connectivity index (χ1v) is 11.8. The maximum absolute atomic E-state index is 14.7. The Kier molecular flexibility index (Phi) is 6.14. The third kappa shape index (κ3) is 4.64. The molecule has 2 aliphatic rings. The molecule has 2 fully saturated rings. The molecule has 0 radical (unpaired) electrons. The van der Waals surface area contributed by atoms with Crippen LogP contribution in [-0.2, 0) is 9.59 Å². The molecule has 2 atom stereocenters. The highest BCUT2D eigenvalue weighted by atomic mass is 19.1. The molecule has 36 heavy (non-hydrogen) atoms. The van der Waals surface area contributed by atoms with E-state index in [0.717, 1.165) is 18.9 Å². The lowest BCUT2D eigenvalue weighted by Gasteiger charge is -2.24. The fraction of sp³-hybridized carbons (Fsp3) is 0.346. The van der Waals surface area contributed by atoms with Gasteiger partial charge in [-0.25, -0.2) is 4.39 Å². The van der Waals surface area contributed by atoms with E-state index in [0.29, 0.717) is 11.1 Å². The van der Waals surface area contributed by atoms with Crippen LogP contribution in [0.15, 0.2) is 48.7 Å². The number of likely N-dealkylation sites (tertiary alicyclic amines) is 1. The van der Waals surface area contributed by atoms with Crippen molar-refractivity contribution >= 4 is 34.3 Å². The Morgan fingerprint density at radius 3 is 2.67 bits per heavy atom. The second-order valence-electron chi connectivity index (χ2n) is 9.38. The third-order valence-electron chi connectivity index (χ3n) is 6.65. The molecule has 3 amide bonds. The molecule has 1 aliphatic carbocycles. The van der Waals surface area contributed by atoms with Crippen molar-refractivity contribution in [2.45, 2.75) is 31.3 Å². The Morgan fingerprint density at radius 2 is 1.97 bits per heavy atom. The molecule has 1 aliphatic heterocycles. The number of hydrogen-bond acceptors (Lipinski definition) is 5. The number of likely N-dealkylation sites (N-methyl/N-ethyl adjacent to an activating group) is 1. The lowest BCUT2D eigenvalue weighted by molar-refractivity contribution is -0.131. The van der Waals surface area contributed by atoms with E-state index in [-0.39, 0.29) is 42.5 Å². The summed E-state index contributed by atoms with van der Waals surface area (Å²) in [6.07, 6.45) is 3.95. The second-order valence-corrected chi connectivity index (χ2v) is 9.38. The predicted octanol–water partition coefficient (Wildman–Crippen LogP) is 2.96. The van der Waals surface area contributed by atoms with E-state index in [1.54, 1.807) is 41.2 Å². The zero-order valence-electron chi connectivity index (χ0n) is 19.7. The number of nitriles is 1. The van der Waals surface area contributed by atoms with E-state index >= 15 is 0 Å². The minimum Gasteiger partial charge on any atom is -0.332 e. The predicted molar refractivity (Wildman–Crippen MR) is 129 cm³/mol. The molecular weight excluding hydrogens is 463 g/mol. The third-order valence-corrected chi connectivity index (χ3v) is 6.65. The number of benzene rings is 2. The number of hydrogen-bond donors (Lipinski definition) is 1. The van der Waals surface area contributed by atoms with Crippen molar-refractivity contribution in [1.29, 1.82) is 5.26 Å². The molecule has 184 valence electrons.